The van der Waals surface area contributed by atoms with Gasteiger partial charge in [0.25, 0.3) is 5.91 Å². The maximum Gasteiger partial charge on any atom is 0.251 e. The fourth-order valence-corrected chi connectivity index (χ4v) is 6.58. The third-order valence-corrected chi connectivity index (χ3v) is 9.17. The fourth-order valence-electron chi connectivity index (χ4n) is 4.02. The third kappa shape index (κ3) is 4.12. The summed E-state index contributed by atoms with van der Waals surface area (Å²) in [6.45, 7) is 6.75. The van der Waals surface area contributed by atoms with Crippen LogP contribution in [-0.2, 0) is 21.9 Å². The molecule has 31 heavy (non-hydrogen) atoms. The predicted molar refractivity (Wildman–Crippen MR) is 124 cm³/mol. The molecule has 0 N–H and O–H groups in total. The van der Waals surface area contributed by atoms with Crippen LogP contribution in [0.25, 0.3) is 10.2 Å². The zero-order chi connectivity index (χ0) is 22.3. The highest BCUT2D eigenvalue weighted by Gasteiger charge is 2.32. The zero-order valence-electron chi connectivity index (χ0n) is 18.3. The monoisotopic (exact) mass is 457 g/mol. The lowest BCUT2D eigenvalue weighted by Crippen LogP contribution is -2.40. The molecule has 0 bridgehead atoms. The molecule has 3 aromatic rings. The quantitative estimate of drug-likeness (QED) is 0.602. The third-order valence-electron chi connectivity index (χ3n) is 6.16. The van der Waals surface area contributed by atoms with E-state index in [1.54, 1.807) is 24.3 Å². The molecule has 8 heteroatoms. The van der Waals surface area contributed by atoms with E-state index in [0.29, 0.717) is 35.6 Å². The first-order valence-electron chi connectivity index (χ1n) is 10.4. The highest BCUT2D eigenvalue weighted by molar-refractivity contribution is 7.89. The van der Waals surface area contributed by atoms with Gasteiger partial charge in [-0.1, -0.05) is 35.1 Å². The number of hydrogen-bond acceptors (Lipinski definition) is 4. The van der Waals surface area contributed by atoms with Crippen LogP contribution in [0.15, 0.2) is 46.3 Å². The normalized spacial score (nSPS) is 16.8. The van der Waals surface area contributed by atoms with Gasteiger partial charge in [-0.2, -0.15) is 9.30 Å². The summed E-state index contributed by atoms with van der Waals surface area (Å²) in [6.07, 6.45) is 0.973. The molecule has 0 saturated carbocycles. The SMILES string of the molecule is Cc1ccc(S(=O)(=O)N2CCC(C(=O)N=c3sc4ccc(C)c(C)c4n3C)CC2)cc1. The van der Waals surface area contributed by atoms with Gasteiger partial charge < -0.3 is 4.57 Å². The lowest BCUT2D eigenvalue weighted by molar-refractivity contribution is -0.122. The minimum absolute atomic E-state index is 0.163. The number of piperidine rings is 1. The van der Waals surface area contributed by atoms with Crippen molar-refractivity contribution < 1.29 is 13.2 Å². The molecule has 6 nitrogen and oxygen atoms in total. The van der Waals surface area contributed by atoms with Gasteiger partial charge in [-0.05, 0) is 62.9 Å². The van der Waals surface area contributed by atoms with Crippen molar-refractivity contribution in [3.05, 3.63) is 57.9 Å². The summed E-state index contributed by atoms with van der Waals surface area (Å²) in [4.78, 5) is 18.3. The summed E-state index contributed by atoms with van der Waals surface area (Å²) in [5.41, 5.74) is 4.53. The van der Waals surface area contributed by atoms with Crippen molar-refractivity contribution in [2.24, 2.45) is 18.0 Å². The first-order valence-corrected chi connectivity index (χ1v) is 12.7. The second kappa shape index (κ2) is 8.33. The molecular weight excluding hydrogens is 430 g/mol. The Morgan fingerprint density at radius 1 is 1.03 bits per heavy atom. The number of benzene rings is 2. The molecule has 1 saturated heterocycles. The van der Waals surface area contributed by atoms with E-state index in [1.165, 1.54) is 26.8 Å². The second-order valence-electron chi connectivity index (χ2n) is 8.24. The highest BCUT2D eigenvalue weighted by atomic mass is 32.2. The Bertz CT molecular complexity index is 1310. The molecule has 164 valence electrons. The number of thiazole rings is 1. The maximum atomic E-state index is 12.9. The van der Waals surface area contributed by atoms with Crippen LogP contribution in [0.3, 0.4) is 0 Å². The van der Waals surface area contributed by atoms with Crippen LogP contribution in [0.2, 0.25) is 0 Å². The number of hydrogen-bond donors (Lipinski definition) is 0. The van der Waals surface area contributed by atoms with Gasteiger partial charge >= 0.3 is 0 Å². The maximum absolute atomic E-state index is 12.9. The number of aryl methyl sites for hydroxylation is 4. The Labute approximate surface area is 186 Å². The topological polar surface area (TPSA) is 71.7 Å². The molecule has 0 atom stereocenters. The van der Waals surface area contributed by atoms with Crippen molar-refractivity contribution in [3.8, 4) is 0 Å². The van der Waals surface area contributed by atoms with Crippen molar-refractivity contribution in [1.82, 2.24) is 8.87 Å². The highest BCUT2D eigenvalue weighted by Crippen LogP contribution is 2.26. The Morgan fingerprint density at radius 3 is 2.32 bits per heavy atom. The lowest BCUT2D eigenvalue weighted by atomic mass is 9.98. The number of amides is 1. The number of nitrogens with zero attached hydrogens (tertiary/aromatic N) is 3. The van der Waals surface area contributed by atoms with Gasteiger partial charge in [-0.3, -0.25) is 4.79 Å². The molecule has 0 spiro atoms. The average molecular weight is 458 g/mol. The molecule has 1 aliphatic rings. The molecule has 0 radical (unpaired) electrons. The van der Waals surface area contributed by atoms with Crippen molar-refractivity contribution in [1.29, 1.82) is 0 Å². The molecule has 0 unspecified atom stereocenters. The van der Waals surface area contributed by atoms with Gasteiger partial charge in [0.05, 0.1) is 15.1 Å². The number of sulfonamides is 1. The minimum Gasteiger partial charge on any atom is -0.319 e. The molecule has 1 aromatic heterocycles. The first-order chi connectivity index (χ1) is 14.7. The summed E-state index contributed by atoms with van der Waals surface area (Å²) in [5.74, 6) is -0.415. The van der Waals surface area contributed by atoms with E-state index in [0.717, 1.165) is 15.8 Å². The number of carbonyl (C=O) groups excluding carboxylic acids is 1. The number of carbonyl (C=O) groups is 1. The van der Waals surface area contributed by atoms with Gasteiger partial charge in [-0.25, -0.2) is 8.42 Å². The van der Waals surface area contributed by atoms with E-state index in [1.807, 2.05) is 18.5 Å². The molecule has 4 rings (SSSR count). The molecular formula is C23H27N3O3S2. The van der Waals surface area contributed by atoms with Crippen molar-refractivity contribution in [3.63, 3.8) is 0 Å². The Kier molecular flexibility index (Phi) is 5.89. The molecule has 2 heterocycles. The van der Waals surface area contributed by atoms with Crippen LogP contribution in [0.5, 0.6) is 0 Å². The van der Waals surface area contributed by atoms with Gasteiger partial charge in [0.2, 0.25) is 10.0 Å². The van der Waals surface area contributed by atoms with Crippen LogP contribution in [0.1, 0.15) is 29.5 Å². The standard InChI is InChI=1S/C23H27N3O3S2/c1-15-5-8-19(9-6-15)31(28,29)26-13-11-18(12-14-26)22(27)24-23-25(4)21-17(3)16(2)7-10-20(21)30-23/h5-10,18H,11-14H2,1-4H3. The van der Waals surface area contributed by atoms with Crippen molar-refractivity contribution in [2.75, 3.05) is 13.1 Å². The summed E-state index contributed by atoms with van der Waals surface area (Å²) >= 11 is 1.51. The van der Waals surface area contributed by atoms with E-state index < -0.39 is 10.0 Å². The van der Waals surface area contributed by atoms with Gasteiger partial charge in [0.1, 0.15) is 0 Å². The first kappa shape index (κ1) is 21.9. The molecule has 1 aliphatic heterocycles. The van der Waals surface area contributed by atoms with E-state index >= 15 is 0 Å². The lowest BCUT2D eigenvalue weighted by Gasteiger charge is -2.29. The van der Waals surface area contributed by atoms with Crippen LogP contribution in [-0.4, -0.2) is 36.3 Å². The summed E-state index contributed by atoms with van der Waals surface area (Å²) < 4.78 is 30.3. The molecule has 1 fully saturated rings. The molecule has 1 amide bonds. The second-order valence-corrected chi connectivity index (χ2v) is 11.2. The molecule has 0 aliphatic carbocycles. The average Bonchev–Trinajstić information content (AvgIpc) is 3.07. The van der Waals surface area contributed by atoms with Crippen molar-refractivity contribution >= 4 is 37.5 Å². The summed E-state index contributed by atoms with van der Waals surface area (Å²) in [7, 11) is -1.59. The Hall–Kier alpha value is -2.29. The number of rotatable bonds is 3. The van der Waals surface area contributed by atoms with Gasteiger partial charge in [-0.15, -0.1) is 0 Å². The molecule has 2 aromatic carbocycles. The van der Waals surface area contributed by atoms with E-state index in [9.17, 15) is 13.2 Å². The van der Waals surface area contributed by atoms with E-state index in [-0.39, 0.29) is 11.8 Å². The van der Waals surface area contributed by atoms with Gasteiger partial charge in [0, 0.05) is 26.1 Å². The van der Waals surface area contributed by atoms with E-state index in [2.05, 4.69) is 31.0 Å². The van der Waals surface area contributed by atoms with E-state index in [4.69, 9.17) is 0 Å². The smallest absolute Gasteiger partial charge is 0.251 e. The van der Waals surface area contributed by atoms with Crippen LogP contribution < -0.4 is 4.80 Å². The Balaban J connectivity index is 1.51. The number of fused-ring (bicyclic) bond motifs is 1. The predicted octanol–water partition coefficient (Wildman–Crippen LogP) is 3.69. The fraction of sp³-hybridized carbons (Fsp3) is 0.391. The largest absolute Gasteiger partial charge is 0.319 e. The Morgan fingerprint density at radius 2 is 1.68 bits per heavy atom. The minimum atomic E-state index is -3.53. The van der Waals surface area contributed by atoms with Gasteiger partial charge in [0.15, 0.2) is 4.80 Å². The van der Waals surface area contributed by atoms with Crippen LogP contribution in [0.4, 0.5) is 0 Å². The zero-order valence-corrected chi connectivity index (χ0v) is 19.9. The summed E-state index contributed by atoms with van der Waals surface area (Å²) in [5, 5.41) is 0. The summed E-state index contributed by atoms with van der Waals surface area (Å²) in [6, 6.07) is 11.0. The number of aromatic nitrogens is 1. The van der Waals surface area contributed by atoms with Crippen LogP contribution in [0, 0.1) is 26.7 Å². The van der Waals surface area contributed by atoms with Crippen molar-refractivity contribution in [2.45, 2.75) is 38.5 Å². The van der Waals surface area contributed by atoms with Crippen LogP contribution >= 0.6 is 11.3 Å².